The summed E-state index contributed by atoms with van der Waals surface area (Å²) in [5, 5.41) is 3.15. The number of hydrogen-bond donors (Lipinski definition) is 1. The molecule has 3 aromatic rings. The molecule has 0 heterocycles. The van der Waals surface area contributed by atoms with Crippen LogP contribution in [0.2, 0.25) is 5.02 Å². The van der Waals surface area contributed by atoms with Gasteiger partial charge in [-0.15, -0.1) is 0 Å². The largest absolute Gasteiger partial charge is 0.493 e. The summed E-state index contributed by atoms with van der Waals surface area (Å²) in [4.78, 5) is 12.7. The summed E-state index contributed by atoms with van der Waals surface area (Å²) < 4.78 is 44.3. The molecule has 8 nitrogen and oxygen atoms in total. The molecular weight excluding hydrogens is 504 g/mol. The van der Waals surface area contributed by atoms with Gasteiger partial charge in [0.2, 0.25) is 5.91 Å². The van der Waals surface area contributed by atoms with Crippen molar-refractivity contribution in [3.8, 4) is 17.2 Å². The number of carbonyl (C=O) groups is 1. The molecule has 1 N–H and O–H groups in total. The Morgan fingerprint density at radius 1 is 0.917 bits per heavy atom. The van der Waals surface area contributed by atoms with Gasteiger partial charge in [-0.3, -0.25) is 9.10 Å². The Labute approximate surface area is 216 Å². The molecule has 0 atom stereocenters. The van der Waals surface area contributed by atoms with Crippen LogP contribution in [0.4, 0.5) is 5.69 Å². The fourth-order valence-corrected chi connectivity index (χ4v) is 4.94. The summed E-state index contributed by atoms with van der Waals surface area (Å²) in [5.74, 6) is 0.849. The second-order valence-corrected chi connectivity index (χ2v) is 10.2. The molecule has 0 fully saturated rings. The molecule has 0 bridgehead atoms. The normalized spacial score (nSPS) is 11.0. The second kappa shape index (κ2) is 12.0. The molecule has 10 heteroatoms. The number of aryl methyl sites for hydroxylation is 2. The molecule has 0 spiro atoms. The summed E-state index contributed by atoms with van der Waals surface area (Å²) in [5.41, 5.74) is 2.56. The van der Waals surface area contributed by atoms with Gasteiger partial charge in [-0.1, -0.05) is 17.7 Å². The highest BCUT2D eigenvalue weighted by Crippen LogP contribution is 2.32. The Balaban J connectivity index is 1.75. The van der Waals surface area contributed by atoms with Gasteiger partial charge in [-0.25, -0.2) is 8.42 Å². The summed E-state index contributed by atoms with van der Waals surface area (Å²) >= 11 is 5.99. The highest BCUT2D eigenvalue weighted by Gasteiger charge is 2.28. The van der Waals surface area contributed by atoms with Crippen molar-refractivity contribution in [1.29, 1.82) is 0 Å². The molecule has 3 aromatic carbocycles. The van der Waals surface area contributed by atoms with Crippen molar-refractivity contribution in [2.75, 3.05) is 38.2 Å². The minimum atomic E-state index is -4.14. The molecule has 36 heavy (non-hydrogen) atoms. The van der Waals surface area contributed by atoms with Crippen LogP contribution in [-0.2, 0) is 14.8 Å². The zero-order chi connectivity index (χ0) is 26.3. The van der Waals surface area contributed by atoms with Crippen LogP contribution in [0.15, 0.2) is 65.6 Å². The van der Waals surface area contributed by atoms with Crippen LogP contribution in [0.25, 0.3) is 0 Å². The average Bonchev–Trinajstić information content (AvgIpc) is 2.87. The number of rotatable bonds is 11. The monoisotopic (exact) mass is 532 g/mol. The lowest BCUT2D eigenvalue weighted by Crippen LogP contribution is -2.41. The highest BCUT2D eigenvalue weighted by atomic mass is 35.5. The number of sulfonamides is 1. The Kier molecular flexibility index (Phi) is 9.06. The molecule has 0 saturated carbocycles. The first-order valence-corrected chi connectivity index (χ1v) is 12.9. The number of nitrogens with one attached hydrogen (secondary N) is 1. The minimum Gasteiger partial charge on any atom is -0.493 e. The van der Waals surface area contributed by atoms with Crippen LogP contribution >= 0.6 is 11.6 Å². The number of halogens is 1. The maximum absolute atomic E-state index is 13.6. The predicted molar refractivity (Wildman–Crippen MR) is 140 cm³/mol. The van der Waals surface area contributed by atoms with Crippen molar-refractivity contribution in [1.82, 2.24) is 5.32 Å². The predicted octanol–water partition coefficient (Wildman–Crippen LogP) is 4.36. The van der Waals surface area contributed by atoms with E-state index in [2.05, 4.69) is 5.32 Å². The number of ether oxygens (including phenoxy) is 3. The molecule has 1 amide bonds. The van der Waals surface area contributed by atoms with Gasteiger partial charge < -0.3 is 19.5 Å². The van der Waals surface area contributed by atoms with E-state index in [1.165, 1.54) is 44.6 Å². The lowest BCUT2D eigenvalue weighted by Gasteiger charge is -2.24. The van der Waals surface area contributed by atoms with Gasteiger partial charge in [0, 0.05) is 11.1 Å². The van der Waals surface area contributed by atoms with E-state index in [0.717, 1.165) is 15.4 Å². The van der Waals surface area contributed by atoms with Crippen LogP contribution in [0.1, 0.15) is 11.1 Å². The molecule has 192 valence electrons. The van der Waals surface area contributed by atoms with E-state index in [1.807, 2.05) is 32.0 Å². The van der Waals surface area contributed by atoms with Crippen LogP contribution < -0.4 is 23.8 Å². The van der Waals surface area contributed by atoms with E-state index in [1.54, 1.807) is 12.1 Å². The van der Waals surface area contributed by atoms with Crippen LogP contribution in [0.3, 0.4) is 0 Å². The van der Waals surface area contributed by atoms with Crippen LogP contribution in [0, 0.1) is 13.8 Å². The number of hydrogen-bond acceptors (Lipinski definition) is 6. The highest BCUT2D eigenvalue weighted by molar-refractivity contribution is 7.92. The van der Waals surface area contributed by atoms with Gasteiger partial charge >= 0.3 is 0 Å². The smallest absolute Gasteiger partial charge is 0.264 e. The van der Waals surface area contributed by atoms with Gasteiger partial charge in [0.1, 0.15) is 18.9 Å². The molecule has 0 aromatic heterocycles. The van der Waals surface area contributed by atoms with E-state index in [0.29, 0.717) is 16.5 Å². The third kappa shape index (κ3) is 6.61. The number of carbonyl (C=O) groups excluding carboxylic acids is 1. The lowest BCUT2D eigenvalue weighted by molar-refractivity contribution is -0.119. The average molecular weight is 533 g/mol. The molecule has 3 rings (SSSR count). The van der Waals surface area contributed by atoms with E-state index in [-0.39, 0.29) is 29.5 Å². The third-order valence-corrected chi connectivity index (χ3v) is 7.54. The Morgan fingerprint density at radius 3 is 2.25 bits per heavy atom. The first-order valence-electron chi connectivity index (χ1n) is 11.1. The molecule has 0 aliphatic rings. The van der Waals surface area contributed by atoms with Gasteiger partial charge in [0.25, 0.3) is 10.0 Å². The maximum atomic E-state index is 13.6. The number of methoxy groups -OCH3 is 2. The number of amides is 1. The van der Waals surface area contributed by atoms with Gasteiger partial charge in [0.15, 0.2) is 11.5 Å². The maximum Gasteiger partial charge on any atom is 0.264 e. The molecular formula is C26H29ClN2O6S. The van der Waals surface area contributed by atoms with Gasteiger partial charge in [0.05, 0.1) is 31.3 Å². The van der Waals surface area contributed by atoms with Crippen molar-refractivity contribution in [2.24, 2.45) is 0 Å². The topological polar surface area (TPSA) is 94.2 Å². The van der Waals surface area contributed by atoms with E-state index >= 15 is 0 Å². The van der Waals surface area contributed by atoms with Gasteiger partial charge in [-0.05, 0) is 73.5 Å². The zero-order valence-corrected chi connectivity index (χ0v) is 22.2. The fourth-order valence-electron chi connectivity index (χ4n) is 3.38. The Bertz CT molecular complexity index is 1310. The van der Waals surface area contributed by atoms with Crippen molar-refractivity contribution < 1.29 is 27.4 Å². The van der Waals surface area contributed by atoms with E-state index < -0.39 is 22.5 Å². The van der Waals surface area contributed by atoms with E-state index in [9.17, 15) is 13.2 Å². The van der Waals surface area contributed by atoms with Crippen molar-refractivity contribution in [3.05, 3.63) is 76.8 Å². The van der Waals surface area contributed by atoms with Crippen molar-refractivity contribution in [3.63, 3.8) is 0 Å². The lowest BCUT2D eigenvalue weighted by atomic mass is 10.1. The molecule has 0 unspecified atom stereocenters. The van der Waals surface area contributed by atoms with Crippen molar-refractivity contribution >= 4 is 33.2 Å². The number of benzene rings is 3. The number of anilines is 1. The summed E-state index contributed by atoms with van der Waals surface area (Å²) in [6.45, 7) is 4.01. The minimum absolute atomic E-state index is 0.0547. The van der Waals surface area contributed by atoms with Crippen molar-refractivity contribution in [2.45, 2.75) is 18.7 Å². The summed E-state index contributed by atoms with van der Waals surface area (Å²) in [7, 11) is -1.27. The quantitative estimate of drug-likeness (QED) is 0.369. The van der Waals surface area contributed by atoms with E-state index in [4.69, 9.17) is 25.8 Å². The number of nitrogens with zero attached hydrogens (tertiary/aromatic N) is 1. The molecule has 0 radical (unpaired) electrons. The summed E-state index contributed by atoms with van der Waals surface area (Å²) in [6, 6.07) is 16.2. The van der Waals surface area contributed by atoms with Gasteiger partial charge in [-0.2, -0.15) is 0 Å². The van der Waals surface area contributed by atoms with Crippen LogP contribution in [-0.4, -0.2) is 48.2 Å². The first-order chi connectivity index (χ1) is 17.1. The zero-order valence-electron chi connectivity index (χ0n) is 20.6. The van der Waals surface area contributed by atoms with Crippen LogP contribution in [0.5, 0.6) is 17.2 Å². The standard InChI is InChI=1S/C26H29ClN2O6S/c1-18-5-10-22(15-19(18)2)35-14-13-28-26(30)17-29(21-8-6-20(27)7-9-21)36(31,32)23-11-12-24(33-3)25(16-23)34-4/h5-12,15-16H,13-14,17H2,1-4H3,(H,28,30). The first kappa shape index (κ1) is 27.2. The molecule has 0 aliphatic heterocycles. The Hall–Kier alpha value is -3.43. The fraction of sp³-hybridized carbons (Fsp3) is 0.269. The summed E-state index contributed by atoms with van der Waals surface area (Å²) in [6.07, 6.45) is 0. The second-order valence-electron chi connectivity index (χ2n) is 7.95. The third-order valence-electron chi connectivity index (χ3n) is 5.52. The molecule has 0 saturated heterocycles. The molecule has 0 aliphatic carbocycles. The SMILES string of the molecule is COc1ccc(S(=O)(=O)N(CC(=O)NCCOc2ccc(C)c(C)c2)c2ccc(Cl)cc2)cc1OC. The Morgan fingerprint density at radius 2 is 1.61 bits per heavy atom.